The number of amides is 1. The molecule has 3 nitrogen and oxygen atoms in total. The highest BCUT2D eigenvalue weighted by atomic mass is 16.3. The number of hydrogen-bond donors (Lipinski definition) is 1. The van der Waals surface area contributed by atoms with Crippen molar-refractivity contribution in [3.8, 4) is 0 Å². The van der Waals surface area contributed by atoms with Crippen molar-refractivity contribution in [2.75, 3.05) is 0 Å². The van der Waals surface area contributed by atoms with Crippen LogP contribution in [0.2, 0.25) is 0 Å². The van der Waals surface area contributed by atoms with Crippen molar-refractivity contribution < 1.29 is 9.90 Å². The predicted molar refractivity (Wildman–Crippen MR) is 80.5 cm³/mol. The Morgan fingerprint density at radius 1 is 1.05 bits per heavy atom. The summed E-state index contributed by atoms with van der Waals surface area (Å²) in [6.45, 7) is 0. The first kappa shape index (κ1) is 13.1. The van der Waals surface area contributed by atoms with Gasteiger partial charge in [-0.2, -0.15) is 0 Å². The molecule has 110 valence electrons. The maximum atomic E-state index is 12.8. The fourth-order valence-electron chi connectivity index (χ4n) is 4.22. The molecule has 1 heterocycles. The highest BCUT2D eigenvalue weighted by molar-refractivity contribution is 5.98. The number of hydrogen-bond acceptors (Lipinski definition) is 2. The number of aryl methyl sites for hydroxylation is 1. The topological polar surface area (TPSA) is 40.5 Å². The summed E-state index contributed by atoms with van der Waals surface area (Å²) in [6.07, 6.45) is 6.33. The van der Waals surface area contributed by atoms with E-state index in [0.717, 1.165) is 56.1 Å². The first-order valence-electron chi connectivity index (χ1n) is 8.08. The summed E-state index contributed by atoms with van der Waals surface area (Å²) in [5.74, 6) is 0.0823. The van der Waals surface area contributed by atoms with Crippen molar-refractivity contribution in [3.63, 3.8) is 0 Å². The van der Waals surface area contributed by atoms with E-state index in [1.54, 1.807) is 4.90 Å². The van der Waals surface area contributed by atoms with Gasteiger partial charge in [0.25, 0.3) is 5.91 Å². The van der Waals surface area contributed by atoms with E-state index >= 15 is 0 Å². The third-order valence-corrected chi connectivity index (χ3v) is 5.25. The van der Waals surface area contributed by atoms with Crippen LogP contribution in [0, 0.1) is 0 Å². The largest absolute Gasteiger partial charge is 0.369 e. The molecule has 1 aromatic rings. The number of nitrogens with zero attached hydrogens (tertiary/aromatic N) is 1. The quantitative estimate of drug-likeness (QED) is 0.860. The molecule has 3 aliphatic rings. The average molecular weight is 283 g/mol. The maximum Gasteiger partial charge on any atom is 0.252 e. The Balaban J connectivity index is 1.71. The van der Waals surface area contributed by atoms with E-state index in [1.807, 2.05) is 6.07 Å². The highest BCUT2D eigenvalue weighted by Crippen LogP contribution is 2.43. The van der Waals surface area contributed by atoms with Crippen molar-refractivity contribution in [2.45, 2.75) is 57.2 Å². The zero-order chi connectivity index (χ0) is 14.4. The van der Waals surface area contributed by atoms with Gasteiger partial charge in [-0.1, -0.05) is 24.3 Å². The molecule has 2 atom stereocenters. The molecule has 2 aliphatic carbocycles. The van der Waals surface area contributed by atoms with E-state index in [2.05, 4.69) is 18.2 Å². The lowest BCUT2D eigenvalue weighted by Gasteiger charge is -2.36. The fourth-order valence-corrected chi connectivity index (χ4v) is 4.22. The number of aliphatic hydroxyl groups is 1. The molecule has 0 unspecified atom stereocenters. The molecule has 0 radical (unpaired) electrons. The molecule has 0 fully saturated rings. The van der Waals surface area contributed by atoms with Crippen LogP contribution in [0.5, 0.6) is 0 Å². The second-order valence-corrected chi connectivity index (χ2v) is 6.40. The third-order valence-electron chi connectivity index (χ3n) is 5.25. The van der Waals surface area contributed by atoms with E-state index in [9.17, 15) is 9.90 Å². The Morgan fingerprint density at radius 2 is 1.86 bits per heavy atom. The molecule has 4 rings (SSSR count). The molecular weight excluding hydrogens is 262 g/mol. The van der Waals surface area contributed by atoms with E-state index in [-0.39, 0.29) is 11.9 Å². The van der Waals surface area contributed by atoms with Gasteiger partial charge in [0.05, 0.1) is 6.04 Å². The molecule has 1 aromatic carbocycles. The summed E-state index contributed by atoms with van der Waals surface area (Å²) in [6, 6.07) is 8.42. The van der Waals surface area contributed by atoms with Crippen LogP contribution < -0.4 is 0 Å². The van der Waals surface area contributed by atoms with Gasteiger partial charge >= 0.3 is 0 Å². The Labute approximate surface area is 125 Å². The van der Waals surface area contributed by atoms with Crippen LogP contribution in [0.3, 0.4) is 0 Å². The summed E-state index contributed by atoms with van der Waals surface area (Å²) in [4.78, 5) is 14.5. The van der Waals surface area contributed by atoms with Gasteiger partial charge in [-0.25, -0.2) is 0 Å². The second-order valence-electron chi connectivity index (χ2n) is 6.40. The van der Waals surface area contributed by atoms with E-state index < -0.39 is 6.23 Å². The van der Waals surface area contributed by atoms with Crippen LogP contribution in [0.15, 0.2) is 35.4 Å². The number of carbonyl (C=O) groups excluding carboxylic acids is 1. The molecule has 1 amide bonds. The monoisotopic (exact) mass is 283 g/mol. The molecule has 0 bridgehead atoms. The number of fused-ring (bicyclic) bond motifs is 1. The van der Waals surface area contributed by atoms with Crippen LogP contribution in [-0.2, 0) is 11.2 Å². The van der Waals surface area contributed by atoms with Crippen LogP contribution in [0.1, 0.15) is 55.7 Å². The van der Waals surface area contributed by atoms with Gasteiger partial charge < -0.3 is 10.0 Å². The van der Waals surface area contributed by atoms with Crippen LogP contribution in [0.4, 0.5) is 0 Å². The SMILES string of the molecule is O=C1C2=C(CCCC2)[C@H](O)N1[C@H]1CCCc2ccccc21. The van der Waals surface area contributed by atoms with E-state index in [4.69, 9.17) is 0 Å². The first-order valence-corrected chi connectivity index (χ1v) is 8.08. The van der Waals surface area contributed by atoms with Crippen LogP contribution >= 0.6 is 0 Å². The van der Waals surface area contributed by atoms with Crippen molar-refractivity contribution in [1.82, 2.24) is 4.90 Å². The summed E-state index contributed by atoms with van der Waals surface area (Å²) >= 11 is 0. The van der Waals surface area contributed by atoms with Gasteiger partial charge in [0.1, 0.15) is 0 Å². The summed E-state index contributed by atoms with van der Waals surface area (Å²) in [5, 5.41) is 10.7. The number of aliphatic hydroxyl groups excluding tert-OH is 1. The molecule has 1 aliphatic heterocycles. The van der Waals surface area contributed by atoms with Crippen molar-refractivity contribution in [3.05, 3.63) is 46.5 Å². The molecule has 0 saturated heterocycles. The standard InChI is InChI=1S/C18H21NO2/c20-17-14-9-3-4-10-15(14)18(21)19(17)16-11-5-7-12-6-1-2-8-13(12)16/h1-2,6,8,16-17,20H,3-5,7,9-11H2/t16-,17-/m0/s1. The minimum atomic E-state index is -0.691. The third kappa shape index (κ3) is 1.95. The van der Waals surface area contributed by atoms with Gasteiger partial charge in [0.2, 0.25) is 0 Å². The van der Waals surface area contributed by atoms with Crippen molar-refractivity contribution >= 4 is 5.91 Å². The van der Waals surface area contributed by atoms with Crippen LogP contribution in [0.25, 0.3) is 0 Å². The Bertz CT molecular complexity index is 619. The minimum absolute atomic E-state index is 0.0445. The van der Waals surface area contributed by atoms with Gasteiger partial charge in [-0.3, -0.25) is 4.79 Å². The molecule has 0 aromatic heterocycles. The van der Waals surface area contributed by atoms with E-state index in [0.29, 0.717) is 0 Å². The summed E-state index contributed by atoms with van der Waals surface area (Å²) in [7, 11) is 0. The summed E-state index contributed by atoms with van der Waals surface area (Å²) in [5.41, 5.74) is 4.46. The van der Waals surface area contributed by atoms with Crippen LogP contribution in [-0.4, -0.2) is 22.1 Å². The summed E-state index contributed by atoms with van der Waals surface area (Å²) < 4.78 is 0. The predicted octanol–water partition coefficient (Wildman–Crippen LogP) is 3.10. The molecule has 21 heavy (non-hydrogen) atoms. The molecule has 0 spiro atoms. The molecular formula is C18H21NO2. The lowest BCUT2D eigenvalue weighted by molar-refractivity contribution is -0.136. The smallest absolute Gasteiger partial charge is 0.252 e. The van der Waals surface area contributed by atoms with Gasteiger partial charge in [0, 0.05) is 5.57 Å². The Kier molecular flexibility index (Phi) is 3.11. The van der Waals surface area contributed by atoms with Crippen molar-refractivity contribution in [2.24, 2.45) is 0 Å². The van der Waals surface area contributed by atoms with E-state index in [1.165, 1.54) is 11.1 Å². The Morgan fingerprint density at radius 3 is 2.71 bits per heavy atom. The maximum absolute atomic E-state index is 12.8. The lowest BCUT2D eigenvalue weighted by atomic mass is 9.86. The number of benzene rings is 1. The minimum Gasteiger partial charge on any atom is -0.369 e. The zero-order valence-corrected chi connectivity index (χ0v) is 12.2. The average Bonchev–Trinajstić information content (AvgIpc) is 2.79. The number of carbonyl (C=O) groups is 1. The normalized spacial score (nSPS) is 28.6. The van der Waals surface area contributed by atoms with Gasteiger partial charge in [0.15, 0.2) is 6.23 Å². The highest BCUT2D eigenvalue weighted by Gasteiger charge is 2.43. The van der Waals surface area contributed by atoms with Gasteiger partial charge in [-0.15, -0.1) is 0 Å². The zero-order valence-electron chi connectivity index (χ0n) is 12.2. The second kappa shape index (κ2) is 4.99. The van der Waals surface area contributed by atoms with Gasteiger partial charge in [-0.05, 0) is 61.6 Å². The Hall–Kier alpha value is -1.61. The fraction of sp³-hybridized carbons (Fsp3) is 0.500. The number of rotatable bonds is 1. The van der Waals surface area contributed by atoms with Crippen molar-refractivity contribution in [1.29, 1.82) is 0 Å². The lowest BCUT2D eigenvalue weighted by Crippen LogP contribution is -2.40. The molecule has 1 N–H and O–H groups in total. The molecule has 0 saturated carbocycles. The molecule has 3 heteroatoms. The first-order chi connectivity index (χ1) is 10.3.